The molecule has 2 aliphatic rings. The molecule has 15 heteroatoms. The molecule has 5 aromatic rings. The third-order valence-corrected chi connectivity index (χ3v) is 11.5. The summed E-state index contributed by atoms with van der Waals surface area (Å²) in [7, 11) is 4.09. The van der Waals surface area contributed by atoms with E-state index in [1.165, 1.54) is 21.3 Å². The quantitative estimate of drug-likeness (QED) is 0.100. The van der Waals surface area contributed by atoms with E-state index in [2.05, 4.69) is 69.1 Å². The molecule has 302 valence electrons. The third kappa shape index (κ3) is 8.18. The molecule has 2 fully saturated rings. The van der Waals surface area contributed by atoms with Gasteiger partial charge in [0.2, 0.25) is 5.91 Å². The second-order valence-electron chi connectivity index (χ2n) is 15.3. The van der Waals surface area contributed by atoms with Crippen molar-refractivity contribution in [1.82, 2.24) is 40.4 Å². The van der Waals surface area contributed by atoms with Crippen LogP contribution in [0.5, 0.6) is 0 Å². The molecule has 3 amide bonds. The topological polar surface area (TPSA) is 187 Å². The summed E-state index contributed by atoms with van der Waals surface area (Å²) in [5, 5.41) is 19.0. The number of fused-ring (bicyclic) bond motifs is 2. The Morgan fingerprint density at radius 1 is 0.807 bits per heavy atom. The maximum absolute atomic E-state index is 13.7. The predicted molar refractivity (Wildman–Crippen MR) is 215 cm³/mol. The number of nitrogens with zero attached hydrogens (tertiary/aromatic N) is 4. The van der Waals surface area contributed by atoms with Gasteiger partial charge in [0.25, 0.3) is 0 Å². The van der Waals surface area contributed by atoms with E-state index in [4.69, 9.17) is 24.2 Å². The minimum absolute atomic E-state index is 0.0114. The number of aromatic amines is 2. The first kappa shape index (κ1) is 39.7. The van der Waals surface area contributed by atoms with Gasteiger partial charge in [-0.3, -0.25) is 9.69 Å². The number of benzene rings is 3. The molecule has 0 saturated carbocycles. The molecule has 5 N–H and O–H groups in total. The lowest BCUT2D eigenvalue weighted by Crippen LogP contribution is -2.54. The molecular weight excluding hydrogens is 729 g/mol. The highest BCUT2D eigenvalue weighted by Gasteiger charge is 2.40. The van der Waals surface area contributed by atoms with E-state index < -0.39 is 36.6 Å². The van der Waals surface area contributed by atoms with Crippen molar-refractivity contribution in [2.45, 2.75) is 83.0 Å². The van der Waals surface area contributed by atoms with Crippen LogP contribution in [-0.4, -0.2) is 112 Å². The van der Waals surface area contributed by atoms with Crippen molar-refractivity contribution < 1.29 is 33.7 Å². The van der Waals surface area contributed by atoms with Gasteiger partial charge in [0.15, 0.2) is 0 Å². The molecule has 0 radical (unpaired) electrons. The number of aromatic nitrogens is 4. The second-order valence-corrected chi connectivity index (χ2v) is 15.3. The summed E-state index contributed by atoms with van der Waals surface area (Å²) in [5.41, 5.74) is 5.65. The van der Waals surface area contributed by atoms with Gasteiger partial charge in [-0.1, -0.05) is 44.2 Å². The van der Waals surface area contributed by atoms with Gasteiger partial charge in [-0.15, -0.1) is 0 Å². The normalized spacial score (nSPS) is 19.5. The molecule has 2 saturated heterocycles. The van der Waals surface area contributed by atoms with Gasteiger partial charge >= 0.3 is 12.2 Å². The van der Waals surface area contributed by atoms with E-state index in [-0.39, 0.29) is 23.9 Å². The van der Waals surface area contributed by atoms with Crippen molar-refractivity contribution in [3.8, 4) is 22.4 Å². The number of alkyl carbamates (subject to hydrolysis) is 2. The summed E-state index contributed by atoms with van der Waals surface area (Å²) in [6.07, 6.45) is 2.42. The fourth-order valence-electron chi connectivity index (χ4n) is 8.19. The number of carbonyl (C=O) groups is 3. The van der Waals surface area contributed by atoms with E-state index in [9.17, 15) is 19.5 Å². The number of carbonyl (C=O) groups excluding carboxylic acids is 3. The Bertz CT molecular complexity index is 2240. The van der Waals surface area contributed by atoms with Crippen LogP contribution in [0.3, 0.4) is 0 Å². The Labute approximate surface area is 331 Å². The first-order chi connectivity index (χ1) is 27.5. The number of methoxy groups -OCH3 is 3. The van der Waals surface area contributed by atoms with Crippen LogP contribution in [0.1, 0.15) is 70.2 Å². The highest BCUT2D eigenvalue weighted by atomic mass is 16.5. The number of likely N-dealkylation sites (tertiary alicyclic amines) is 2. The van der Waals surface area contributed by atoms with E-state index in [0.29, 0.717) is 18.9 Å². The molecule has 0 bridgehead atoms. The maximum atomic E-state index is 13.7. The number of hydrogen-bond acceptors (Lipinski definition) is 10. The average Bonchev–Trinajstić information content (AvgIpc) is 4.06. The summed E-state index contributed by atoms with van der Waals surface area (Å²) >= 11 is 0. The molecule has 57 heavy (non-hydrogen) atoms. The molecule has 1 unspecified atom stereocenters. The van der Waals surface area contributed by atoms with Crippen LogP contribution < -0.4 is 10.6 Å². The highest BCUT2D eigenvalue weighted by Crippen LogP contribution is 2.36. The summed E-state index contributed by atoms with van der Waals surface area (Å²) in [5.74, 6) is 1.23. The molecule has 7 rings (SSSR count). The van der Waals surface area contributed by atoms with Gasteiger partial charge in [0.05, 0.1) is 61.4 Å². The van der Waals surface area contributed by atoms with Gasteiger partial charge in [-0.05, 0) is 84.7 Å². The van der Waals surface area contributed by atoms with Crippen LogP contribution in [0.4, 0.5) is 9.59 Å². The number of nitrogens with one attached hydrogen (secondary N) is 4. The van der Waals surface area contributed by atoms with Crippen LogP contribution in [0.25, 0.3) is 44.2 Å². The van der Waals surface area contributed by atoms with Gasteiger partial charge in [-0.2, -0.15) is 0 Å². The van der Waals surface area contributed by atoms with Gasteiger partial charge in [-0.25, -0.2) is 19.6 Å². The number of hydrogen-bond donors (Lipinski definition) is 5. The fraction of sp³-hybridized carbons (Fsp3) is 0.452. The van der Waals surface area contributed by atoms with Crippen LogP contribution in [-0.2, 0) is 19.0 Å². The Morgan fingerprint density at radius 3 is 2.18 bits per heavy atom. The zero-order valence-electron chi connectivity index (χ0n) is 33.2. The van der Waals surface area contributed by atoms with Crippen molar-refractivity contribution >= 4 is 39.9 Å². The molecule has 15 nitrogen and oxygen atoms in total. The highest BCUT2D eigenvalue weighted by molar-refractivity contribution is 5.92. The van der Waals surface area contributed by atoms with Gasteiger partial charge in [0, 0.05) is 25.8 Å². The van der Waals surface area contributed by atoms with Crippen molar-refractivity contribution in [2.24, 2.45) is 5.92 Å². The van der Waals surface area contributed by atoms with Crippen molar-refractivity contribution in [2.75, 3.05) is 34.4 Å². The van der Waals surface area contributed by atoms with E-state index >= 15 is 0 Å². The van der Waals surface area contributed by atoms with E-state index in [1.807, 2.05) is 31.0 Å². The standard InChI is InChI=1S/C42H52N8O7/c1-23(2)35(47-41(53)56-5)39(51)49-17-7-9-33(49)37-43-22-32(46-37)29-14-13-25-19-26(11-12-27(25)20-29)28-15-16-30-31(21-28)45-38(44-30)34-10-8-18-50(34)40(52)36(24(3)55-4)48-42(54)57-6/h11-16,19-24,33-36,39,51H,7-10,17-18H2,1-6H3,(H,43,46)(H,44,45)(H,47,53)(H,48,54)/t24-,33+,34+,35+,36+,39?/m1/s1. The van der Waals surface area contributed by atoms with Gasteiger partial charge in [0.1, 0.15) is 23.9 Å². The van der Waals surface area contributed by atoms with Crippen LogP contribution in [0.15, 0.2) is 60.8 Å². The molecule has 0 aliphatic carbocycles. The van der Waals surface area contributed by atoms with Crippen LogP contribution in [0.2, 0.25) is 0 Å². The minimum Gasteiger partial charge on any atom is -0.453 e. The molecule has 4 heterocycles. The Balaban J connectivity index is 1.07. The zero-order valence-corrected chi connectivity index (χ0v) is 33.2. The van der Waals surface area contributed by atoms with Crippen LogP contribution >= 0.6 is 0 Å². The lowest BCUT2D eigenvalue weighted by atomic mass is 9.99. The smallest absolute Gasteiger partial charge is 0.407 e. The molecule has 2 aromatic heterocycles. The number of H-pyrrole nitrogens is 2. The summed E-state index contributed by atoms with van der Waals surface area (Å²) in [6, 6.07) is 17.1. The number of amides is 3. The minimum atomic E-state index is -0.898. The summed E-state index contributed by atoms with van der Waals surface area (Å²) < 4.78 is 15.0. The SMILES string of the molecule is COC(=O)N[C@@H](C(C)C)C(O)N1CCC[C@H]1c1ncc(-c2ccc3cc(-c4ccc5nc([C@@H]6CCCN6C(=O)[C@@H](NC(=O)OC)[C@@H](C)OC)[nH]c5c4)ccc3c2)[nH]1. The Hall–Kier alpha value is -5.51. The monoisotopic (exact) mass is 780 g/mol. The third-order valence-electron chi connectivity index (χ3n) is 11.5. The van der Waals surface area contributed by atoms with Crippen molar-refractivity contribution in [3.63, 3.8) is 0 Å². The van der Waals surface area contributed by atoms with Crippen LogP contribution in [0, 0.1) is 5.92 Å². The number of rotatable bonds is 12. The Kier molecular flexibility index (Phi) is 11.8. The summed E-state index contributed by atoms with van der Waals surface area (Å²) in [6.45, 7) is 6.89. The number of aliphatic hydroxyl groups is 1. The number of ether oxygens (including phenoxy) is 3. The number of imidazole rings is 2. The van der Waals surface area contributed by atoms with Crippen molar-refractivity contribution in [1.29, 1.82) is 0 Å². The Morgan fingerprint density at radius 2 is 1.46 bits per heavy atom. The van der Waals surface area contributed by atoms with Gasteiger partial charge < -0.3 is 44.8 Å². The zero-order chi connectivity index (χ0) is 40.4. The molecule has 2 aliphatic heterocycles. The fourth-order valence-corrected chi connectivity index (χ4v) is 8.19. The first-order valence-corrected chi connectivity index (χ1v) is 19.5. The predicted octanol–water partition coefficient (Wildman–Crippen LogP) is 6.03. The van der Waals surface area contributed by atoms with E-state index in [1.54, 1.807) is 11.8 Å². The first-order valence-electron chi connectivity index (χ1n) is 19.5. The average molecular weight is 781 g/mol. The largest absolute Gasteiger partial charge is 0.453 e. The summed E-state index contributed by atoms with van der Waals surface area (Å²) in [4.78, 5) is 58.2. The van der Waals surface area contributed by atoms with E-state index in [0.717, 1.165) is 75.7 Å². The maximum Gasteiger partial charge on any atom is 0.407 e. The lowest BCUT2D eigenvalue weighted by Gasteiger charge is -2.35. The molecule has 3 aromatic carbocycles. The lowest BCUT2D eigenvalue weighted by molar-refractivity contribution is -0.137. The van der Waals surface area contributed by atoms with Crippen molar-refractivity contribution in [3.05, 3.63) is 72.4 Å². The second kappa shape index (κ2) is 16.9. The molecular formula is C42H52N8O7. The number of aliphatic hydroxyl groups excluding tert-OH is 1. The molecule has 0 spiro atoms. The molecule has 6 atom stereocenters.